The largest absolute Gasteiger partial charge is 0.476 e. The van der Waals surface area contributed by atoms with Gasteiger partial charge in [0.1, 0.15) is 24.0 Å². The number of nitrogen functional groups attached to an aromatic ring is 1. The predicted octanol–water partition coefficient (Wildman–Crippen LogP) is 7.07. The van der Waals surface area contributed by atoms with Gasteiger partial charge >= 0.3 is 0 Å². The molecular formula is C36H37ClF5N7O2. The number of hydrogen-bond donors (Lipinski definition) is 1. The van der Waals surface area contributed by atoms with Gasteiger partial charge in [0.25, 0.3) is 11.8 Å². The Bertz CT molecular complexity index is 1950. The molecule has 3 aromatic rings. The smallest absolute Gasteiger partial charge is 0.282 e. The third kappa shape index (κ3) is 7.79. The molecule has 2 aliphatic heterocycles. The Morgan fingerprint density at radius 1 is 1.25 bits per heavy atom. The first-order chi connectivity index (χ1) is 24.2. The molecule has 0 radical (unpaired) electrons. The average Bonchev–Trinajstić information content (AvgIpc) is 3.42. The molecule has 0 spiro atoms. The van der Waals surface area contributed by atoms with Crippen molar-refractivity contribution >= 4 is 39.8 Å². The minimum absolute atomic E-state index is 0.0107. The molecule has 2 aliphatic rings. The van der Waals surface area contributed by atoms with E-state index in [1.807, 2.05) is 19.9 Å². The number of piperazine rings is 1. The number of anilines is 1. The molecule has 2 N–H and O–H groups in total. The molecule has 0 saturated carbocycles. The first-order valence-electron chi connectivity index (χ1n) is 16.3. The number of carbonyl (C=O) groups is 1. The van der Waals surface area contributed by atoms with Crippen molar-refractivity contribution in [1.29, 1.82) is 5.26 Å². The summed E-state index contributed by atoms with van der Waals surface area (Å²) in [6.07, 6.45) is 2.21. The van der Waals surface area contributed by atoms with Gasteiger partial charge in [-0.05, 0) is 38.3 Å². The molecule has 51 heavy (non-hydrogen) atoms. The molecule has 2 aromatic carbocycles. The van der Waals surface area contributed by atoms with E-state index < -0.39 is 54.3 Å². The zero-order valence-electron chi connectivity index (χ0n) is 28.3. The van der Waals surface area contributed by atoms with Crippen molar-refractivity contribution in [1.82, 2.24) is 19.7 Å². The lowest BCUT2D eigenvalue weighted by atomic mass is 9.99. The monoisotopic (exact) mass is 729 g/mol. The highest BCUT2D eigenvalue weighted by atomic mass is 35.5. The van der Waals surface area contributed by atoms with E-state index in [-0.39, 0.29) is 83.3 Å². The number of amidine groups is 1. The van der Waals surface area contributed by atoms with Crippen LogP contribution in [0.2, 0.25) is 5.02 Å². The second-order valence-electron chi connectivity index (χ2n) is 12.7. The Labute approximate surface area is 297 Å². The standard InChI is InChI=1S/C36H37ClF5N7O2/c1-5-28(51-18-24-15-36(41,42)19-49(24)20(2)3)46-34(47-13-14-48(35(50)21(4)38)23(17-47)11-12-43)26-16-45-33(31(40)32(26)44)25-8-6-7-22-9-10-27(39)30(37)29(22)25/h5-10,16,20,23-24H,4,11,13-15,17-19H2,1-3H3,(H2,44,45)/b28-5+,46-34+/t23-,24-/m0/s1. The number of ether oxygens (including phenoxy) is 1. The van der Waals surface area contributed by atoms with Crippen molar-refractivity contribution in [3.8, 4) is 17.3 Å². The molecule has 15 heteroatoms. The van der Waals surface area contributed by atoms with Gasteiger partial charge < -0.3 is 20.3 Å². The van der Waals surface area contributed by atoms with Crippen LogP contribution in [0.1, 0.15) is 39.2 Å². The van der Waals surface area contributed by atoms with Gasteiger partial charge in [0.15, 0.2) is 11.6 Å². The minimum atomic E-state index is -2.89. The zero-order chi connectivity index (χ0) is 37.2. The van der Waals surface area contributed by atoms with Crippen LogP contribution in [0, 0.1) is 23.0 Å². The van der Waals surface area contributed by atoms with E-state index in [0.717, 1.165) is 0 Å². The Morgan fingerprint density at radius 2 is 2.00 bits per heavy atom. The van der Waals surface area contributed by atoms with E-state index in [1.165, 1.54) is 35.4 Å². The summed E-state index contributed by atoms with van der Waals surface area (Å²) < 4.78 is 79.5. The van der Waals surface area contributed by atoms with Crippen molar-refractivity contribution in [2.45, 2.75) is 57.7 Å². The van der Waals surface area contributed by atoms with Crippen molar-refractivity contribution in [2.24, 2.45) is 4.99 Å². The van der Waals surface area contributed by atoms with Crippen molar-refractivity contribution < 1.29 is 31.5 Å². The molecule has 2 fully saturated rings. The Balaban J connectivity index is 1.57. The van der Waals surface area contributed by atoms with Gasteiger partial charge in [0.2, 0.25) is 5.88 Å². The number of fused-ring (bicyclic) bond motifs is 1. The minimum Gasteiger partial charge on any atom is -0.476 e. The Kier molecular flexibility index (Phi) is 11.2. The van der Waals surface area contributed by atoms with E-state index in [2.05, 4.69) is 16.6 Å². The number of aromatic nitrogens is 1. The third-order valence-electron chi connectivity index (χ3n) is 9.06. The van der Waals surface area contributed by atoms with Crippen molar-refractivity contribution in [2.75, 3.05) is 38.5 Å². The highest BCUT2D eigenvalue weighted by Crippen LogP contribution is 2.38. The van der Waals surface area contributed by atoms with Crippen molar-refractivity contribution in [3.05, 3.63) is 83.1 Å². The molecule has 3 heterocycles. The van der Waals surface area contributed by atoms with Crippen molar-refractivity contribution in [3.63, 3.8) is 0 Å². The van der Waals surface area contributed by atoms with E-state index in [9.17, 15) is 27.6 Å². The number of aliphatic imine (C=N–C) groups is 1. The fourth-order valence-corrected chi connectivity index (χ4v) is 6.85. The molecule has 5 rings (SSSR count). The van der Waals surface area contributed by atoms with E-state index in [0.29, 0.717) is 5.39 Å². The summed E-state index contributed by atoms with van der Waals surface area (Å²) >= 11 is 6.31. The fraction of sp³-hybridized carbons (Fsp3) is 0.389. The number of allylic oxidation sites excluding steroid dienone is 1. The number of rotatable bonds is 9. The predicted molar refractivity (Wildman–Crippen MR) is 186 cm³/mol. The lowest BCUT2D eigenvalue weighted by Crippen LogP contribution is -2.56. The van der Waals surface area contributed by atoms with Crippen LogP contribution in [-0.4, -0.2) is 88.3 Å². The van der Waals surface area contributed by atoms with Gasteiger partial charge in [-0.3, -0.25) is 14.7 Å². The van der Waals surface area contributed by atoms with Crippen LogP contribution < -0.4 is 5.73 Å². The highest BCUT2D eigenvalue weighted by molar-refractivity contribution is 6.36. The number of nitriles is 1. The Morgan fingerprint density at radius 3 is 2.67 bits per heavy atom. The van der Waals surface area contributed by atoms with E-state index in [4.69, 9.17) is 22.1 Å². The number of nitrogens with two attached hydrogens (primary N) is 1. The number of hydrogen-bond acceptors (Lipinski definition) is 7. The highest BCUT2D eigenvalue weighted by Gasteiger charge is 2.46. The van der Waals surface area contributed by atoms with Gasteiger partial charge in [-0.1, -0.05) is 42.4 Å². The molecule has 1 amide bonds. The second-order valence-corrected chi connectivity index (χ2v) is 13.1. The number of benzene rings is 2. The number of halogens is 6. The van der Waals surface area contributed by atoms with Crippen LogP contribution in [0.4, 0.5) is 27.6 Å². The van der Waals surface area contributed by atoms with Gasteiger partial charge in [-0.2, -0.15) is 10.3 Å². The number of pyridine rings is 1. The summed E-state index contributed by atoms with van der Waals surface area (Å²) in [5.74, 6) is -6.63. The quantitative estimate of drug-likeness (QED) is 0.0825. The fourth-order valence-electron chi connectivity index (χ4n) is 6.57. The van der Waals surface area contributed by atoms with Gasteiger partial charge in [-0.15, -0.1) is 0 Å². The van der Waals surface area contributed by atoms with Gasteiger partial charge in [0, 0.05) is 49.2 Å². The maximum absolute atomic E-state index is 16.4. The van der Waals surface area contributed by atoms with Crippen LogP contribution in [0.15, 0.2) is 65.9 Å². The summed E-state index contributed by atoms with van der Waals surface area (Å²) in [4.78, 5) is 26.1. The molecule has 2 atom stereocenters. The average molecular weight is 730 g/mol. The molecule has 1 aromatic heterocycles. The topological polar surface area (TPSA) is 111 Å². The number of nitrogens with zero attached hydrogens (tertiary/aromatic N) is 6. The van der Waals surface area contributed by atoms with E-state index >= 15 is 4.39 Å². The number of likely N-dealkylation sites (tertiary alicyclic amines) is 1. The summed E-state index contributed by atoms with van der Waals surface area (Å²) in [5, 5.41) is 10.1. The summed E-state index contributed by atoms with van der Waals surface area (Å²) in [5.41, 5.74) is 6.09. The normalized spacial score (nSPS) is 19.9. The van der Waals surface area contributed by atoms with Crippen LogP contribution in [0.25, 0.3) is 22.0 Å². The molecule has 9 nitrogen and oxygen atoms in total. The molecule has 0 aliphatic carbocycles. The second kappa shape index (κ2) is 15.2. The number of amides is 1. The zero-order valence-corrected chi connectivity index (χ0v) is 29.0. The SMILES string of the molecule is C=C(F)C(=O)N1CCN(/C(=N/C(=C\C)OC[C@@H]2CC(F)(F)CN2C(C)C)c2cnc(-c3cccc4ccc(F)c(Cl)c34)c(F)c2N)C[C@@H]1CC#N. The van der Waals surface area contributed by atoms with Gasteiger partial charge in [0.05, 0.1) is 47.4 Å². The van der Waals surface area contributed by atoms with E-state index in [1.54, 1.807) is 28.9 Å². The summed E-state index contributed by atoms with van der Waals surface area (Å²) in [6, 6.07) is 7.99. The molecular weight excluding hydrogens is 693 g/mol. The Hall–Kier alpha value is -4.74. The first-order valence-corrected chi connectivity index (χ1v) is 16.6. The summed E-state index contributed by atoms with van der Waals surface area (Å²) in [6.45, 7) is 7.78. The summed E-state index contributed by atoms with van der Waals surface area (Å²) in [7, 11) is 0. The molecule has 270 valence electrons. The maximum Gasteiger partial charge on any atom is 0.282 e. The third-order valence-corrected chi connectivity index (χ3v) is 9.43. The number of alkyl halides is 2. The molecule has 0 bridgehead atoms. The van der Waals surface area contributed by atoms with Crippen LogP contribution in [0.5, 0.6) is 0 Å². The van der Waals surface area contributed by atoms with Crippen LogP contribution >= 0.6 is 11.6 Å². The first kappa shape index (κ1) is 37.5. The molecule has 0 unspecified atom stereocenters. The lowest BCUT2D eigenvalue weighted by molar-refractivity contribution is -0.132. The van der Waals surface area contributed by atoms with Crippen LogP contribution in [-0.2, 0) is 9.53 Å². The number of carbonyl (C=O) groups excluding carboxylic acids is 1. The molecule has 2 saturated heterocycles. The lowest BCUT2D eigenvalue weighted by Gasteiger charge is -2.41. The van der Waals surface area contributed by atoms with Crippen LogP contribution in [0.3, 0.4) is 0 Å². The van der Waals surface area contributed by atoms with Gasteiger partial charge in [-0.25, -0.2) is 22.0 Å². The maximum atomic E-state index is 16.4.